The van der Waals surface area contributed by atoms with Crippen LogP contribution in [0.5, 0.6) is 0 Å². The molecule has 0 unspecified atom stereocenters. The largest absolute Gasteiger partial charge is 0.478 e. The van der Waals surface area contributed by atoms with Crippen LogP contribution in [0, 0.1) is 6.92 Å². The summed E-state index contributed by atoms with van der Waals surface area (Å²) in [6, 6.07) is 5.61. The summed E-state index contributed by atoms with van der Waals surface area (Å²) < 4.78 is 0. The highest BCUT2D eigenvalue weighted by atomic mass is 32.1. The van der Waals surface area contributed by atoms with Crippen LogP contribution in [0.25, 0.3) is 16.6 Å². The van der Waals surface area contributed by atoms with E-state index in [-0.39, 0.29) is 0 Å². The highest BCUT2D eigenvalue weighted by Crippen LogP contribution is 2.28. The van der Waals surface area contributed by atoms with Crippen molar-refractivity contribution < 1.29 is 9.90 Å². The topological polar surface area (TPSA) is 89.1 Å². The fourth-order valence-electron chi connectivity index (χ4n) is 1.54. The van der Waals surface area contributed by atoms with Crippen LogP contribution in [0.4, 0.5) is 5.13 Å². The van der Waals surface area contributed by atoms with Crippen LogP contribution < -0.4 is 5.73 Å². The lowest BCUT2D eigenvalue weighted by Gasteiger charge is -2.02. The lowest BCUT2D eigenvalue weighted by atomic mass is 10.1. The molecule has 0 spiro atoms. The van der Waals surface area contributed by atoms with Gasteiger partial charge in [0.05, 0.1) is 0 Å². The first-order chi connectivity index (χ1) is 8.56. The molecule has 2 aromatic rings. The Bertz CT molecular complexity index is 620. The first kappa shape index (κ1) is 12.3. The van der Waals surface area contributed by atoms with Crippen molar-refractivity contribution in [3.05, 3.63) is 35.4 Å². The van der Waals surface area contributed by atoms with Gasteiger partial charge in [-0.2, -0.15) is 0 Å². The molecule has 0 atom stereocenters. The highest BCUT2D eigenvalue weighted by Gasteiger charge is 2.07. The van der Waals surface area contributed by atoms with Crippen molar-refractivity contribution >= 4 is 28.5 Å². The maximum absolute atomic E-state index is 10.4. The molecule has 92 valence electrons. The Morgan fingerprint density at radius 1 is 1.44 bits per heavy atom. The van der Waals surface area contributed by atoms with Crippen molar-refractivity contribution in [1.82, 2.24) is 10.2 Å². The number of nitrogen functional groups attached to an aromatic ring is 1. The summed E-state index contributed by atoms with van der Waals surface area (Å²) >= 11 is 1.32. The predicted molar refractivity (Wildman–Crippen MR) is 71.2 cm³/mol. The third-order valence-electron chi connectivity index (χ3n) is 2.34. The molecule has 1 aromatic carbocycles. The first-order valence-electron chi connectivity index (χ1n) is 5.17. The standard InChI is InChI=1S/C12H11N3O2S/c1-7-6-8(3-5-10(16)17)2-4-9(7)11-14-15-12(13)18-11/h2-6H,1H3,(H2,13,15)(H,16,17). The van der Waals surface area contributed by atoms with Gasteiger partial charge in [0.25, 0.3) is 0 Å². The Hall–Kier alpha value is -2.21. The number of hydrogen-bond donors (Lipinski definition) is 2. The van der Waals surface area contributed by atoms with Gasteiger partial charge >= 0.3 is 5.97 Å². The maximum atomic E-state index is 10.4. The number of carboxylic acids is 1. The molecule has 0 fully saturated rings. The summed E-state index contributed by atoms with van der Waals surface area (Å²) in [6.45, 7) is 1.94. The second-order valence-corrected chi connectivity index (χ2v) is 4.70. The Morgan fingerprint density at radius 3 is 2.78 bits per heavy atom. The number of nitrogens with two attached hydrogens (primary N) is 1. The van der Waals surface area contributed by atoms with Crippen LogP contribution in [0.1, 0.15) is 11.1 Å². The summed E-state index contributed by atoms with van der Waals surface area (Å²) in [4.78, 5) is 10.4. The molecule has 3 N–H and O–H groups in total. The van der Waals surface area contributed by atoms with Gasteiger partial charge in [0.2, 0.25) is 5.13 Å². The maximum Gasteiger partial charge on any atom is 0.328 e. The second kappa shape index (κ2) is 4.97. The summed E-state index contributed by atoms with van der Waals surface area (Å²) in [5.41, 5.74) is 8.33. The van der Waals surface area contributed by atoms with Gasteiger partial charge in [0, 0.05) is 11.6 Å². The monoisotopic (exact) mass is 261 g/mol. The number of benzene rings is 1. The van der Waals surface area contributed by atoms with E-state index >= 15 is 0 Å². The van der Waals surface area contributed by atoms with Crippen LogP contribution in [0.15, 0.2) is 24.3 Å². The molecule has 5 nitrogen and oxygen atoms in total. The molecule has 0 amide bonds. The van der Waals surface area contributed by atoms with E-state index < -0.39 is 5.97 Å². The number of aromatic nitrogens is 2. The summed E-state index contributed by atoms with van der Waals surface area (Å²) in [5.74, 6) is -0.964. The van der Waals surface area contributed by atoms with E-state index in [2.05, 4.69) is 10.2 Å². The van der Waals surface area contributed by atoms with Gasteiger partial charge in [-0.3, -0.25) is 0 Å². The molecule has 0 aliphatic heterocycles. The zero-order chi connectivity index (χ0) is 13.1. The average Bonchev–Trinajstić information content (AvgIpc) is 2.73. The zero-order valence-corrected chi connectivity index (χ0v) is 10.4. The molecule has 18 heavy (non-hydrogen) atoms. The van der Waals surface area contributed by atoms with E-state index in [4.69, 9.17) is 10.8 Å². The number of aryl methyl sites for hydroxylation is 1. The quantitative estimate of drug-likeness (QED) is 0.827. The van der Waals surface area contributed by atoms with Crippen molar-refractivity contribution in [1.29, 1.82) is 0 Å². The summed E-state index contributed by atoms with van der Waals surface area (Å²) in [6.07, 6.45) is 2.66. The zero-order valence-electron chi connectivity index (χ0n) is 9.62. The lowest BCUT2D eigenvalue weighted by molar-refractivity contribution is -0.131. The van der Waals surface area contributed by atoms with Crippen LogP contribution in [-0.2, 0) is 4.79 Å². The second-order valence-electron chi connectivity index (χ2n) is 3.69. The fourth-order valence-corrected chi connectivity index (χ4v) is 2.24. The third-order valence-corrected chi connectivity index (χ3v) is 3.13. The smallest absolute Gasteiger partial charge is 0.328 e. The molecule has 1 heterocycles. The molecule has 1 aromatic heterocycles. The number of nitrogens with zero attached hydrogens (tertiary/aromatic N) is 2. The predicted octanol–water partition coefficient (Wildman–Crippen LogP) is 2.19. The van der Waals surface area contributed by atoms with Gasteiger partial charge in [-0.1, -0.05) is 29.5 Å². The molecule has 2 rings (SSSR count). The van der Waals surface area contributed by atoms with Gasteiger partial charge in [-0.25, -0.2) is 4.79 Å². The Morgan fingerprint density at radius 2 is 2.22 bits per heavy atom. The number of rotatable bonds is 3. The van der Waals surface area contributed by atoms with Gasteiger partial charge in [0.1, 0.15) is 5.01 Å². The van der Waals surface area contributed by atoms with Crippen molar-refractivity contribution in [2.75, 3.05) is 5.73 Å². The van der Waals surface area contributed by atoms with Gasteiger partial charge in [-0.05, 0) is 24.1 Å². The fraction of sp³-hybridized carbons (Fsp3) is 0.0833. The number of carboxylic acid groups (broad SMARTS) is 1. The van der Waals surface area contributed by atoms with Gasteiger partial charge in [0.15, 0.2) is 0 Å². The Labute approximate surface area is 108 Å². The van der Waals surface area contributed by atoms with E-state index in [0.29, 0.717) is 5.13 Å². The normalized spacial score (nSPS) is 10.9. The Kier molecular flexibility index (Phi) is 3.38. The molecular formula is C12H11N3O2S. The third kappa shape index (κ3) is 2.72. The van der Waals surface area contributed by atoms with E-state index in [9.17, 15) is 4.79 Å². The lowest BCUT2D eigenvalue weighted by Crippen LogP contribution is -1.87. The molecule has 0 bridgehead atoms. The van der Waals surface area contributed by atoms with Crippen LogP contribution in [0.2, 0.25) is 0 Å². The molecule has 0 radical (unpaired) electrons. The van der Waals surface area contributed by atoms with Crippen molar-refractivity contribution in [3.8, 4) is 10.6 Å². The minimum absolute atomic E-state index is 0.430. The molecule has 6 heteroatoms. The molecule has 0 saturated heterocycles. The molecule has 0 aliphatic carbocycles. The van der Waals surface area contributed by atoms with E-state index in [1.807, 2.05) is 25.1 Å². The van der Waals surface area contributed by atoms with E-state index in [1.54, 1.807) is 6.08 Å². The first-order valence-corrected chi connectivity index (χ1v) is 5.99. The Balaban J connectivity index is 2.33. The molecule has 0 aliphatic rings. The van der Waals surface area contributed by atoms with E-state index in [1.165, 1.54) is 11.3 Å². The number of anilines is 1. The number of hydrogen-bond acceptors (Lipinski definition) is 5. The SMILES string of the molecule is Cc1cc(C=CC(=O)O)ccc1-c1nnc(N)s1. The number of carbonyl (C=O) groups is 1. The van der Waals surface area contributed by atoms with Gasteiger partial charge in [-0.15, -0.1) is 10.2 Å². The van der Waals surface area contributed by atoms with Crippen molar-refractivity contribution in [2.45, 2.75) is 6.92 Å². The van der Waals surface area contributed by atoms with Crippen molar-refractivity contribution in [3.63, 3.8) is 0 Å². The summed E-state index contributed by atoms with van der Waals surface area (Å²) in [7, 11) is 0. The molecular weight excluding hydrogens is 250 g/mol. The van der Waals surface area contributed by atoms with Crippen molar-refractivity contribution in [2.24, 2.45) is 0 Å². The molecule has 0 saturated carbocycles. The minimum atomic E-state index is -0.964. The highest BCUT2D eigenvalue weighted by molar-refractivity contribution is 7.18. The van der Waals surface area contributed by atoms with Crippen LogP contribution in [-0.4, -0.2) is 21.3 Å². The number of aliphatic carboxylic acids is 1. The van der Waals surface area contributed by atoms with Crippen LogP contribution in [0.3, 0.4) is 0 Å². The average molecular weight is 261 g/mol. The summed E-state index contributed by atoms with van der Waals surface area (Å²) in [5, 5.41) is 17.5. The van der Waals surface area contributed by atoms with Crippen LogP contribution >= 0.6 is 11.3 Å². The minimum Gasteiger partial charge on any atom is -0.478 e. The van der Waals surface area contributed by atoms with Gasteiger partial charge < -0.3 is 10.8 Å². The van der Waals surface area contributed by atoms with E-state index in [0.717, 1.165) is 27.8 Å².